The van der Waals surface area contributed by atoms with Crippen molar-refractivity contribution in [3.05, 3.63) is 113 Å². The van der Waals surface area contributed by atoms with Gasteiger partial charge in [0.1, 0.15) is 6.61 Å². The summed E-state index contributed by atoms with van der Waals surface area (Å²) in [5.74, 6) is 1.59. The van der Waals surface area contributed by atoms with Gasteiger partial charge in [0.05, 0.1) is 49.3 Å². The van der Waals surface area contributed by atoms with Crippen LogP contribution in [0.15, 0.2) is 81.7 Å². The molecular formula is C34H33ClN2O7S. The lowest BCUT2D eigenvalue weighted by Crippen LogP contribution is -2.39. The van der Waals surface area contributed by atoms with E-state index >= 15 is 0 Å². The molecule has 1 atom stereocenters. The second-order valence-electron chi connectivity index (χ2n) is 9.97. The Labute approximate surface area is 269 Å². The Morgan fingerprint density at radius 2 is 1.67 bits per heavy atom. The lowest BCUT2D eigenvalue weighted by Gasteiger charge is -2.25. The van der Waals surface area contributed by atoms with Gasteiger partial charge in [-0.3, -0.25) is 9.36 Å². The summed E-state index contributed by atoms with van der Waals surface area (Å²) in [5.41, 5.74) is 2.82. The van der Waals surface area contributed by atoms with Crippen molar-refractivity contribution in [3.8, 4) is 23.0 Å². The summed E-state index contributed by atoms with van der Waals surface area (Å²) in [5, 5.41) is 0.658. The SMILES string of the molecule is CCOC(=O)C1=C(C)N=c2sc(=Cc3ccc(OCc4ccc(Cl)cc4)c(OCC)c3)c(=O)n2C1c1ccc(OC)c(OC)c1. The second-order valence-corrected chi connectivity index (χ2v) is 11.4. The molecular weight excluding hydrogens is 616 g/mol. The average Bonchev–Trinajstić information content (AvgIpc) is 3.34. The van der Waals surface area contributed by atoms with Crippen LogP contribution in [-0.4, -0.2) is 38.0 Å². The molecule has 9 nitrogen and oxygen atoms in total. The number of halogens is 1. The van der Waals surface area contributed by atoms with Crippen LogP contribution < -0.4 is 33.8 Å². The van der Waals surface area contributed by atoms with Crippen LogP contribution in [0.4, 0.5) is 0 Å². The van der Waals surface area contributed by atoms with Crippen LogP contribution in [0.2, 0.25) is 5.02 Å². The van der Waals surface area contributed by atoms with Gasteiger partial charge in [-0.05, 0) is 79.9 Å². The molecule has 45 heavy (non-hydrogen) atoms. The number of carbonyl (C=O) groups is 1. The van der Waals surface area contributed by atoms with Gasteiger partial charge in [-0.2, -0.15) is 0 Å². The number of fused-ring (bicyclic) bond motifs is 1. The van der Waals surface area contributed by atoms with E-state index < -0.39 is 12.0 Å². The number of aromatic nitrogens is 1. The van der Waals surface area contributed by atoms with Crippen molar-refractivity contribution in [1.82, 2.24) is 4.57 Å². The molecule has 11 heteroatoms. The Hall–Kier alpha value is -4.54. The zero-order valence-corrected chi connectivity index (χ0v) is 27.2. The first-order valence-corrected chi connectivity index (χ1v) is 15.5. The molecule has 0 saturated heterocycles. The Kier molecular flexibility index (Phi) is 9.95. The molecule has 0 radical (unpaired) electrons. The summed E-state index contributed by atoms with van der Waals surface area (Å²) >= 11 is 7.24. The quantitative estimate of drug-likeness (QED) is 0.200. The molecule has 0 N–H and O–H groups in total. The Balaban J connectivity index is 1.57. The minimum atomic E-state index is -0.787. The van der Waals surface area contributed by atoms with Gasteiger partial charge in [-0.25, -0.2) is 9.79 Å². The first kappa shape index (κ1) is 31.9. The molecule has 0 saturated carbocycles. The molecule has 1 aliphatic heterocycles. The number of methoxy groups -OCH3 is 2. The van der Waals surface area contributed by atoms with E-state index in [2.05, 4.69) is 4.99 Å². The van der Waals surface area contributed by atoms with Crippen LogP contribution in [0, 0.1) is 0 Å². The van der Waals surface area contributed by atoms with E-state index in [9.17, 15) is 9.59 Å². The predicted octanol–water partition coefficient (Wildman–Crippen LogP) is 5.45. The van der Waals surface area contributed by atoms with E-state index in [0.29, 0.717) is 61.8 Å². The van der Waals surface area contributed by atoms with Gasteiger partial charge in [0.25, 0.3) is 5.56 Å². The molecule has 0 fully saturated rings. The number of thiazole rings is 1. The molecule has 3 aromatic carbocycles. The molecule has 1 aliphatic rings. The molecule has 0 spiro atoms. The second kappa shape index (κ2) is 14.0. The van der Waals surface area contributed by atoms with Gasteiger partial charge < -0.3 is 23.7 Å². The van der Waals surface area contributed by atoms with Crippen LogP contribution in [0.5, 0.6) is 23.0 Å². The fraction of sp³-hybridized carbons (Fsp3) is 0.265. The van der Waals surface area contributed by atoms with Crippen LogP contribution in [0.1, 0.15) is 43.5 Å². The summed E-state index contributed by atoms with van der Waals surface area (Å²) in [6.07, 6.45) is 1.78. The van der Waals surface area contributed by atoms with E-state index in [-0.39, 0.29) is 17.7 Å². The molecule has 1 aromatic heterocycles. The minimum Gasteiger partial charge on any atom is -0.493 e. The molecule has 2 heterocycles. The highest BCUT2D eigenvalue weighted by Crippen LogP contribution is 2.36. The molecule has 0 aliphatic carbocycles. The van der Waals surface area contributed by atoms with Gasteiger partial charge >= 0.3 is 5.97 Å². The van der Waals surface area contributed by atoms with Crippen LogP contribution in [-0.2, 0) is 16.1 Å². The molecule has 1 unspecified atom stereocenters. The summed E-state index contributed by atoms with van der Waals surface area (Å²) in [6.45, 7) is 6.33. The summed E-state index contributed by atoms with van der Waals surface area (Å²) in [4.78, 5) is 32.4. The predicted molar refractivity (Wildman–Crippen MR) is 173 cm³/mol. The molecule has 234 valence electrons. The molecule has 0 amide bonds. The third-order valence-electron chi connectivity index (χ3n) is 7.11. The Bertz CT molecular complexity index is 1930. The number of nitrogens with zero attached hydrogens (tertiary/aromatic N) is 2. The number of ether oxygens (including phenoxy) is 5. The average molecular weight is 649 g/mol. The van der Waals surface area contributed by atoms with E-state index in [1.165, 1.54) is 23.0 Å². The van der Waals surface area contributed by atoms with Crippen LogP contribution in [0.25, 0.3) is 6.08 Å². The monoisotopic (exact) mass is 648 g/mol. The standard InChI is InChI=1S/C34H33ClN2O7S/c1-6-42-28-16-22(10-14-26(28)44-19-21-8-12-24(35)13-9-21)17-29-32(38)37-31(23-11-15-25(40-4)27(18-23)41-5)30(33(39)43-7-2)20(3)36-34(37)45-29/h8-18,31H,6-7,19H2,1-5H3. The number of esters is 1. The van der Waals surface area contributed by atoms with Crippen molar-refractivity contribution in [1.29, 1.82) is 0 Å². The van der Waals surface area contributed by atoms with Crippen molar-refractivity contribution in [3.63, 3.8) is 0 Å². The van der Waals surface area contributed by atoms with Crippen molar-refractivity contribution in [2.24, 2.45) is 4.99 Å². The third-order valence-corrected chi connectivity index (χ3v) is 8.35. The van der Waals surface area contributed by atoms with Gasteiger partial charge in [-0.15, -0.1) is 0 Å². The van der Waals surface area contributed by atoms with E-state index in [1.807, 2.05) is 49.4 Å². The molecule has 0 bridgehead atoms. The highest BCUT2D eigenvalue weighted by Gasteiger charge is 2.34. The van der Waals surface area contributed by atoms with E-state index in [0.717, 1.165) is 11.1 Å². The molecule has 4 aromatic rings. The Morgan fingerprint density at radius 3 is 2.36 bits per heavy atom. The topological polar surface area (TPSA) is 97.6 Å². The van der Waals surface area contributed by atoms with Gasteiger partial charge in [0, 0.05) is 5.02 Å². The number of rotatable bonds is 11. The number of allylic oxidation sites excluding steroid dienone is 1. The first-order chi connectivity index (χ1) is 21.8. The number of benzene rings is 3. The Morgan fingerprint density at radius 1 is 0.933 bits per heavy atom. The first-order valence-electron chi connectivity index (χ1n) is 14.3. The maximum atomic E-state index is 14.1. The van der Waals surface area contributed by atoms with Crippen LogP contribution in [0.3, 0.4) is 0 Å². The highest BCUT2D eigenvalue weighted by molar-refractivity contribution is 7.07. The maximum Gasteiger partial charge on any atom is 0.338 e. The lowest BCUT2D eigenvalue weighted by molar-refractivity contribution is -0.139. The summed E-state index contributed by atoms with van der Waals surface area (Å²) < 4.78 is 30.2. The van der Waals surface area contributed by atoms with Crippen molar-refractivity contribution in [2.45, 2.75) is 33.4 Å². The number of carbonyl (C=O) groups excluding carboxylic acids is 1. The van der Waals surface area contributed by atoms with E-state index in [1.54, 1.807) is 45.2 Å². The highest BCUT2D eigenvalue weighted by atomic mass is 35.5. The van der Waals surface area contributed by atoms with E-state index in [4.69, 9.17) is 35.3 Å². The van der Waals surface area contributed by atoms with Gasteiger partial charge in [0.2, 0.25) is 0 Å². The van der Waals surface area contributed by atoms with Crippen LogP contribution >= 0.6 is 22.9 Å². The van der Waals surface area contributed by atoms with Gasteiger partial charge in [0.15, 0.2) is 27.8 Å². The van der Waals surface area contributed by atoms with Gasteiger partial charge in [-0.1, -0.05) is 47.2 Å². The summed E-state index contributed by atoms with van der Waals surface area (Å²) in [7, 11) is 3.08. The fourth-order valence-corrected chi connectivity index (χ4v) is 6.20. The van der Waals surface area contributed by atoms with Crippen molar-refractivity contribution in [2.75, 3.05) is 27.4 Å². The minimum absolute atomic E-state index is 0.181. The number of hydrogen-bond donors (Lipinski definition) is 0. The smallest absolute Gasteiger partial charge is 0.338 e. The summed E-state index contributed by atoms with van der Waals surface area (Å²) in [6, 6.07) is 17.5. The largest absolute Gasteiger partial charge is 0.493 e. The zero-order chi connectivity index (χ0) is 32.1. The van der Waals surface area contributed by atoms with Crippen molar-refractivity contribution < 1.29 is 28.5 Å². The lowest BCUT2D eigenvalue weighted by atomic mass is 9.95. The maximum absolute atomic E-state index is 14.1. The number of hydrogen-bond acceptors (Lipinski definition) is 9. The normalized spacial score (nSPS) is 14.4. The fourth-order valence-electron chi connectivity index (χ4n) is 5.02. The zero-order valence-electron chi connectivity index (χ0n) is 25.6. The molecule has 5 rings (SSSR count). The van der Waals surface area contributed by atoms with Crippen molar-refractivity contribution >= 4 is 35.0 Å². The third kappa shape index (κ3) is 6.77.